The Bertz CT molecular complexity index is 907. The van der Waals surface area contributed by atoms with Gasteiger partial charge >= 0.3 is 0 Å². The Balaban J connectivity index is 1.51. The number of carbonyl (C=O) groups is 1. The molecule has 3 aromatic rings. The van der Waals surface area contributed by atoms with Gasteiger partial charge in [0.1, 0.15) is 5.82 Å². The van der Waals surface area contributed by atoms with Gasteiger partial charge in [0.25, 0.3) is 0 Å². The van der Waals surface area contributed by atoms with E-state index in [1.165, 1.54) is 12.1 Å². The van der Waals surface area contributed by atoms with Gasteiger partial charge in [-0.25, -0.2) is 4.39 Å². The van der Waals surface area contributed by atoms with E-state index in [2.05, 4.69) is 10.1 Å². The Morgan fingerprint density at radius 3 is 3.04 bits per heavy atom. The molecule has 1 atom stereocenters. The number of halogens is 1. The zero-order valence-corrected chi connectivity index (χ0v) is 14.4. The summed E-state index contributed by atoms with van der Waals surface area (Å²) in [6.45, 7) is 2.27. The van der Waals surface area contributed by atoms with Gasteiger partial charge in [-0.15, -0.1) is 11.3 Å². The lowest BCUT2D eigenvalue weighted by atomic mass is 10.1. The van der Waals surface area contributed by atoms with Crippen LogP contribution < -0.4 is 4.90 Å². The van der Waals surface area contributed by atoms with Crippen molar-refractivity contribution < 1.29 is 13.7 Å². The summed E-state index contributed by atoms with van der Waals surface area (Å²) in [4.78, 5) is 19.7. The van der Waals surface area contributed by atoms with Crippen molar-refractivity contribution in [1.29, 1.82) is 0 Å². The Hall–Kier alpha value is -2.54. The Morgan fingerprint density at radius 2 is 2.28 bits per heavy atom. The van der Waals surface area contributed by atoms with Crippen LogP contribution in [0.15, 0.2) is 40.2 Å². The summed E-state index contributed by atoms with van der Waals surface area (Å²) in [6, 6.07) is 8.45. The molecule has 0 bridgehead atoms. The molecule has 4 rings (SSSR count). The highest BCUT2D eigenvalue weighted by Crippen LogP contribution is 2.32. The van der Waals surface area contributed by atoms with E-state index in [1.807, 2.05) is 17.5 Å². The monoisotopic (exact) mass is 357 g/mol. The quantitative estimate of drug-likeness (QED) is 0.714. The van der Waals surface area contributed by atoms with E-state index in [9.17, 15) is 9.18 Å². The molecule has 1 fully saturated rings. The van der Waals surface area contributed by atoms with Gasteiger partial charge in [0.05, 0.1) is 6.42 Å². The molecule has 0 aliphatic carbocycles. The molecule has 2 aromatic heterocycles. The van der Waals surface area contributed by atoms with Gasteiger partial charge in [0.15, 0.2) is 5.82 Å². The normalized spacial score (nSPS) is 17.4. The molecular formula is C18H16FN3O2S. The van der Waals surface area contributed by atoms with Crippen molar-refractivity contribution in [2.45, 2.75) is 25.7 Å². The Kier molecular flexibility index (Phi) is 4.09. The van der Waals surface area contributed by atoms with E-state index in [1.54, 1.807) is 29.2 Å². The number of nitrogens with zero attached hydrogens (tertiary/aromatic N) is 3. The van der Waals surface area contributed by atoms with E-state index in [4.69, 9.17) is 4.52 Å². The summed E-state index contributed by atoms with van der Waals surface area (Å²) < 4.78 is 18.6. The summed E-state index contributed by atoms with van der Waals surface area (Å²) in [5.41, 5.74) is 1.47. The number of aromatic nitrogens is 2. The maximum atomic E-state index is 13.3. The lowest BCUT2D eigenvalue weighted by Crippen LogP contribution is -2.25. The second kappa shape index (κ2) is 6.40. The smallest absolute Gasteiger partial charge is 0.231 e. The van der Waals surface area contributed by atoms with Crippen LogP contribution in [0.2, 0.25) is 0 Å². The number of amides is 1. The number of anilines is 1. The number of rotatable bonds is 4. The molecule has 7 heteroatoms. The second-order valence-electron chi connectivity index (χ2n) is 6.14. The van der Waals surface area contributed by atoms with E-state index in [0.717, 1.165) is 16.1 Å². The fourth-order valence-corrected chi connectivity index (χ4v) is 3.80. The molecule has 5 nitrogen and oxygen atoms in total. The summed E-state index contributed by atoms with van der Waals surface area (Å²) in [7, 11) is 0. The van der Waals surface area contributed by atoms with Gasteiger partial charge < -0.3 is 9.42 Å². The van der Waals surface area contributed by atoms with E-state index in [-0.39, 0.29) is 17.6 Å². The predicted molar refractivity (Wildman–Crippen MR) is 92.3 cm³/mol. The molecule has 1 saturated heterocycles. The van der Waals surface area contributed by atoms with Crippen molar-refractivity contribution in [1.82, 2.24) is 10.1 Å². The fourth-order valence-electron chi connectivity index (χ4n) is 3.10. The molecule has 3 heterocycles. The summed E-state index contributed by atoms with van der Waals surface area (Å²) >= 11 is 1.64. The first-order chi connectivity index (χ1) is 12.1. The molecule has 0 N–H and O–H groups in total. The minimum Gasteiger partial charge on any atom is -0.339 e. The zero-order valence-electron chi connectivity index (χ0n) is 13.6. The number of aryl methyl sites for hydroxylation is 1. The minimum atomic E-state index is -0.305. The molecule has 1 amide bonds. The van der Waals surface area contributed by atoms with Crippen LogP contribution in [0, 0.1) is 12.7 Å². The van der Waals surface area contributed by atoms with Gasteiger partial charge in [0, 0.05) is 29.4 Å². The molecule has 0 saturated carbocycles. The van der Waals surface area contributed by atoms with Crippen molar-refractivity contribution in [2.24, 2.45) is 0 Å². The number of benzene rings is 1. The first-order valence-corrected chi connectivity index (χ1v) is 8.89. The molecule has 1 unspecified atom stereocenters. The van der Waals surface area contributed by atoms with Crippen LogP contribution >= 0.6 is 11.3 Å². The highest BCUT2D eigenvalue weighted by Gasteiger charge is 2.35. The van der Waals surface area contributed by atoms with E-state index < -0.39 is 0 Å². The topological polar surface area (TPSA) is 59.2 Å². The molecule has 1 aliphatic rings. The number of hydrogen-bond donors (Lipinski definition) is 0. The van der Waals surface area contributed by atoms with Crippen LogP contribution in [-0.4, -0.2) is 22.6 Å². The van der Waals surface area contributed by atoms with Crippen molar-refractivity contribution >= 4 is 22.9 Å². The largest absolute Gasteiger partial charge is 0.339 e. The number of thiophene rings is 1. The van der Waals surface area contributed by atoms with Gasteiger partial charge in [-0.3, -0.25) is 4.79 Å². The average Bonchev–Trinajstić information content (AvgIpc) is 3.30. The fraction of sp³-hybridized carbons (Fsp3) is 0.278. The molecule has 0 radical (unpaired) electrons. The maximum absolute atomic E-state index is 13.3. The van der Waals surface area contributed by atoms with Crippen molar-refractivity contribution in [2.75, 3.05) is 11.4 Å². The first kappa shape index (κ1) is 16.0. The molecule has 1 aliphatic heterocycles. The SMILES string of the molecule is Cc1cc(F)ccc1N1CC(c2noc(Cc3cccs3)n2)CC1=O. The van der Waals surface area contributed by atoms with Crippen LogP contribution in [0.3, 0.4) is 0 Å². The molecule has 0 spiro atoms. The standard InChI is InChI=1S/C18H16FN3O2S/c1-11-7-13(19)4-5-15(11)22-10-12(8-17(22)23)18-20-16(24-21-18)9-14-3-2-6-25-14/h2-7,12H,8-10H2,1H3. The molecule has 25 heavy (non-hydrogen) atoms. The first-order valence-electron chi connectivity index (χ1n) is 8.01. The molecule has 128 valence electrons. The highest BCUT2D eigenvalue weighted by atomic mass is 32.1. The second-order valence-corrected chi connectivity index (χ2v) is 7.17. The van der Waals surface area contributed by atoms with Gasteiger partial charge in [-0.05, 0) is 42.1 Å². The number of carbonyl (C=O) groups excluding carboxylic acids is 1. The average molecular weight is 357 g/mol. The zero-order chi connectivity index (χ0) is 17.4. The van der Waals surface area contributed by atoms with E-state index >= 15 is 0 Å². The van der Waals surface area contributed by atoms with Crippen LogP contribution in [-0.2, 0) is 11.2 Å². The molecular weight excluding hydrogens is 341 g/mol. The summed E-state index contributed by atoms with van der Waals surface area (Å²) in [5.74, 6) is 0.686. The molecule has 1 aromatic carbocycles. The third kappa shape index (κ3) is 3.19. The van der Waals surface area contributed by atoms with Gasteiger partial charge in [-0.2, -0.15) is 4.98 Å². The Labute approximate surface area is 148 Å². The lowest BCUT2D eigenvalue weighted by molar-refractivity contribution is -0.117. The highest BCUT2D eigenvalue weighted by molar-refractivity contribution is 7.09. The lowest BCUT2D eigenvalue weighted by Gasteiger charge is -2.18. The van der Waals surface area contributed by atoms with Crippen molar-refractivity contribution in [3.63, 3.8) is 0 Å². The van der Waals surface area contributed by atoms with Crippen LogP contribution in [0.25, 0.3) is 0 Å². The summed E-state index contributed by atoms with van der Waals surface area (Å²) in [6.07, 6.45) is 0.931. The van der Waals surface area contributed by atoms with Crippen LogP contribution in [0.1, 0.15) is 34.5 Å². The minimum absolute atomic E-state index is 0.00989. The third-order valence-corrected chi connectivity index (χ3v) is 5.21. The van der Waals surface area contributed by atoms with Crippen LogP contribution in [0.4, 0.5) is 10.1 Å². The van der Waals surface area contributed by atoms with Crippen LogP contribution in [0.5, 0.6) is 0 Å². The maximum Gasteiger partial charge on any atom is 0.231 e. The Morgan fingerprint density at radius 1 is 1.40 bits per heavy atom. The van der Waals surface area contributed by atoms with Gasteiger partial charge in [0.2, 0.25) is 11.8 Å². The summed E-state index contributed by atoms with van der Waals surface area (Å²) in [5, 5.41) is 6.06. The third-order valence-electron chi connectivity index (χ3n) is 4.33. The van der Waals surface area contributed by atoms with Crippen molar-refractivity contribution in [3.8, 4) is 0 Å². The number of hydrogen-bond acceptors (Lipinski definition) is 5. The van der Waals surface area contributed by atoms with E-state index in [0.29, 0.717) is 31.1 Å². The van der Waals surface area contributed by atoms with Crippen molar-refractivity contribution in [3.05, 3.63) is 63.7 Å². The predicted octanol–water partition coefficient (Wildman–Crippen LogP) is 3.69. The van der Waals surface area contributed by atoms with Gasteiger partial charge in [-0.1, -0.05) is 11.2 Å².